The van der Waals surface area contributed by atoms with Gasteiger partial charge in [-0.15, -0.1) is 0 Å². The van der Waals surface area contributed by atoms with E-state index in [1.54, 1.807) is 0 Å². The highest BCUT2D eigenvalue weighted by Gasteiger charge is 2.31. The molecule has 0 aromatic heterocycles. The fourth-order valence-corrected chi connectivity index (χ4v) is 3.40. The minimum atomic E-state index is -0.0842. The van der Waals surface area contributed by atoms with E-state index in [4.69, 9.17) is 0 Å². The first-order valence-corrected chi connectivity index (χ1v) is 8.59. The van der Waals surface area contributed by atoms with Crippen molar-refractivity contribution in [3.63, 3.8) is 0 Å². The van der Waals surface area contributed by atoms with E-state index in [2.05, 4.69) is 5.32 Å². The molecule has 1 unspecified atom stereocenters. The minimum absolute atomic E-state index is 0.0628. The van der Waals surface area contributed by atoms with E-state index < -0.39 is 0 Å². The van der Waals surface area contributed by atoms with Gasteiger partial charge in [0.15, 0.2) is 0 Å². The molecular formula is C18H25N3O2. The molecule has 0 aliphatic carbocycles. The summed E-state index contributed by atoms with van der Waals surface area (Å²) < 4.78 is 0. The van der Waals surface area contributed by atoms with Crippen LogP contribution >= 0.6 is 0 Å². The quantitative estimate of drug-likeness (QED) is 0.930. The summed E-state index contributed by atoms with van der Waals surface area (Å²) in [6.07, 6.45) is 3.97. The Balaban J connectivity index is 1.51. The molecule has 1 aromatic carbocycles. The van der Waals surface area contributed by atoms with Crippen LogP contribution in [0.1, 0.15) is 31.2 Å². The molecule has 2 fully saturated rings. The van der Waals surface area contributed by atoms with E-state index in [1.165, 1.54) is 0 Å². The highest BCUT2D eigenvalue weighted by atomic mass is 16.2. The number of rotatable bonds is 3. The standard InChI is InChI=1S/C18H25N3O2/c22-17(19-13-15-7-2-1-3-8-15)16-9-6-12-21(14-16)18(23)20-10-4-5-11-20/h1-3,7-8,16H,4-6,9-14H2,(H,19,22). The van der Waals surface area contributed by atoms with Gasteiger partial charge in [-0.3, -0.25) is 4.79 Å². The largest absolute Gasteiger partial charge is 0.352 e. The monoisotopic (exact) mass is 315 g/mol. The summed E-state index contributed by atoms with van der Waals surface area (Å²) in [5.74, 6) is -0.0215. The number of likely N-dealkylation sites (tertiary alicyclic amines) is 2. The van der Waals surface area contributed by atoms with Crippen LogP contribution < -0.4 is 5.32 Å². The number of piperidine rings is 1. The second-order valence-corrected chi connectivity index (χ2v) is 6.47. The first-order valence-electron chi connectivity index (χ1n) is 8.59. The Morgan fingerprint density at radius 3 is 2.43 bits per heavy atom. The zero-order chi connectivity index (χ0) is 16.1. The third-order valence-corrected chi connectivity index (χ3v) is 4.75. The number of amides is 3. The van der Waals surface area contributed by atoms with Crippen molar-refractivity contribution in [2.45, 2.75) is 32.2 Å². The fourth-order valence-electron chi connectivity index (χ4n) is 3.40. The average Bonchev–Trinajstić information content (AvgIpc) is 3.14. The molecule has 0 bridgehead atoms. The lowest BCUT2D eigenvalue weighted by Gasteiger charge is -2.34. The van der Waals surface area contributed by atoms with Gasteiger partial charge in [0, 0.05) is 32.7 Å². The summed E-state index contributed by atoms with van der Waals surface area (Å²) in [6, 6.07) is 10.0. The first kappa shape index (κ1) is 15.8. The van der Waals surface area contributed by atoms with Crippen molar-refractivity contribution < 1.29 is 9.59 Å². The summed E-state index contributed by atoms with van der Waals surface area (Å²) in [4.78, 5) is 28.6. The Morgan fingerprint density at radius 1 is 1.00 bits per heavy atom. The Kier molecular flexibility index (Phi) is 5.16. The molecule has 23 heavy (non-hydrogen) atoms. The van der Waals surface area contributed by atoms with Crippen LogP contribution in [0, 0.1) is 5.92 Å². The van der Waals surface area contributed by atoms with Crippen LogP contribution in [0.25, 0.3) is 0 Å². The van der Waals surface area contributed by atoms with Crippen LogP contribution in [0.4, 0.5) is 4.79 Å². The smallest absolute Gasteiger partial charge is 0.320 e. The normalized spacial score (nSPS) is 21.3. The maximum Gasteiger partial charge on any atom is 0.320 e. The molecule has 1 N–H and O–H groups in total. The Labute approximate surface area is 137 Å². The van der Waals surface area contributed by atoms with Crippen LogP contribution in [-0.2, 0) is 11.3 Å². The van der Waals surface area contributed by atoms with Crippen molar-refractivity contribution >= 4 is 11.9 Å². The summed E-state index contributed by atoms with van der Waals surface area (Å²) in [6.45, 7) is 3.60. The van der Waals surface area contributed by atoms with Crippen molar-refractivity contribution in [1.82, 2.24) is 15.1 Å². The number of hydrogen-bond acceptors (Lipinski definition) is 2. The number of benzene rings is 1. The molecule has 2 heterocycles. The van der Waals surface area contributed by atoms with E-state index in [0.717, 1.165) is 50.9 Å². The molecular weight excluding hydrogens is 290 g/mol. The molecule has 0 spiro atoms. The molecule has 2 saturated heterocycles. The van der Waals surface area contributed by atoms with Gasteiger partial charge in [-0.2, -0.15) is 0 Å². The lowest BCUT2D eigenvalue weighted by atomic mass is 9.97. The number of hydrogen-bond donors (Lipinski definition) is 1. The molecule has 2 aliphatic rings. The zero-order valence-corrected chi connectivity index (χ0v) is 13.5. The maximum absolute atomic E-state index is 12.5. The second-order valence-electron chi connectivity index (χ2n) is 6.47. The van der Waals surface area contributed by atoms with Gasteiger partial charge < -0.3 is 15.1 Å². The second kappa shape index (κ2) is 7.49. The van der Waals surface area contributed by atoms with E-state index in [1.807, 2.05) is 40.1 Å². The van der Waals surface area contributed by atoms with Gasteiger partial charge in [0.05, 0.1) is 5.92 Å². The molecule has 1 atom stereocenters. The van der Waals surface area contributed by atoms with Crippen molar-refractivity contribution in [2.75, 3.05) is 26.2 Å². The molecule has 5 nitrogen and oxygen atoms in total. The molecule has 0 radical (unpaired) electrons. The van der Waals surface area contributed by atoms with Crippen LogP contribution in [0.15, 0.2) is 30.3 Å². The SMILES string of the molecule is O=C(NCc1ccccc1)C1CCCN(C(=O)N2CCCC2)C1. The lowest BCUT2D eigenvalue weighted by Crippen LogP contribution is -2.49. The van der Waals surface area contributed by atoms with Gasteiger partial charge in [-0.05, 0) is 31.2 Å². The maximum atomic E-state index is 12.5. The molecule has 0 saturated carbocycles. The number of urea groups is 1. The topological polar surface area (TPSA) is 52.7 Å². The number of nitrogens with one attached hydrogen (secondary N) is 1. The highest BCUT2D eigenvalue weighted by molar-refractivity contribution is 5.81. The van der Waals surface area contributed by atoms with Crippen LogP contribution in [-0.4, -0.2) is 47.9 Å². The van der Waals surface area contributed by atoms with E-state index in [0.29, 0.717) is 13.1 Å². The van der Waals surface area contributed by atoms with Gasteiger partial charge in [-0.25, -0.2) is 4.79 Å². The highest BCUT2D eigenvalue weighted by Crippen LogP contribution is 2.20. The first-order chi connectivity index (χ1) is 11.2. The van der Waals surface area contributed by atoms with Gasteiger partial charge >= 0.3 is 6.03 Å². The number of carbonyl (C=O) groups excluding carboxylic acids is 2. The van der Waals surface area contributed by atoms with Crippen molar-refractivity contribution in [3.05, 3.63) is 35.9 Å². The summed E-state index contributed by atoms with van der Waals surface area (Å²) in [5, 5.41) is 3.01. The average molecular weight is 315 g/mol. The molecule has 5 heteroatoms. The van der Waals surface area contributed by atoms with Gasteiger partial charge in [0.25, 0.3) is 0 Å². The van der Waals surface area contributed by atoms with Gasteiger partial charge in [0.2, 0.25) is 5.91 Å². The van der Waals surface area contributed by atoms with Crippen LogP contribution in [0.5, 0.6) is 0 Å². The Morgan fingerprint density at radius 2 is 1.70 bits per heavy atom. The van der Waals surface area contributed by atoms with Crippen molar-refractivity contribution in [2.24, 2.45) is 5.92 Å². The zero-order valence-electron chi connectivity index (χ0n) is 13.5. The van der Waals surface area contributed by atoms with Crippen LogP contribution in [0.3, 0.4) is 0 Å². The van der Waals surface area contributed by atoms with Crippen molar-refractivity contribution in [3.8, 4) is 0 Å². The molecule has 3 rings (SSSR count). The Hall–Kier alpha value is -2.04. The third-order valence-electron chi connectivity index (χ3n) is 4.75. The van der Waals surface area contributed by atoms with Gasteiger partial charge in [0.1, 0.15) is 0 Å². The molecule has 3 amide bonds. The van der Waals surface area contributed by atoms with E-state index >= 15 is 0 Å². The minimum Gasteiger partial charge on any atom is -0.352 e. The predicted octanol–water partition coefficient (Wildman–Crippen LogP) is 2.23. The predicted molar refractivity (Wildman–Crippen MR) is 88.8 cm³/mol. The molecule has 1 aromatic rings. The van der Waals surface area contributed by atoms with E-state index in [-0.39, 0.29) is 17.9 Å². The summed E-state index contributed by atoms with van der Waals surface area (Å²) in [7, 11) is 0. The van der Waals surface area contributed by atoms with Crippen molar-refractivity contribution in [1.29, 1.82) is 0 Å². The third kappa shape index (κ3) is 4.03. The number of carbonyl (C=O) groups is 2. The van der Waals surface area contributed by atoms with Crippen LogP contribution in [0.2, 0.25) is 0 Å². The molecule has 124 valence electrons. The van der Waals surface area contributed by atoms with Gasteiger partial charge in [-0.1, -0.05) is 30.3 Å². The Bertz CT molecular complexity index is 540. The van der Waals surface area contributed by atoms with E-state index in [9.17, 15) is 9.59 Å². The molecule has 2 aliphatic heterocycles. The summed E-state index contributed by atoms with van der Waals surface area (Å²) in [5.41, 5.74) is 1.10. The lowest BCUT2D eigenvalue weighted by molar-refractivity contribution is -0.126. The summed E-state index contributed by atoms with van der Waals surface area (Å²) >= 11 is 0. The number of nitrogens with zero attached hydrogens (tertiary/aromatic N) is 2. The fraction of sp³-hybridized carbons (Fsp3) is 0.556.